The summed E-state index contributed by atoms with van der Waals surface area (Å²) in [4.78, 5) is 10.5. The largest absolute Gasteiger partial charge is 0.496 e. The second-order valence-electron chi connectivity index (χ2n) is 3.29. The molecule has 0 unspecified atom stereocenters. The first kappa shape index (κ1) is 9.71. The second kappa shape index (κ2) is 3.73. The summed E-state index contributed by atoms with van der Waals surface area (Å²) < 4.78 is 6.94. The van der Waals surface area contributed by atoms with Gasteiger partial charge in [0.2, 0.25) is 0 Å². The Bertz CT molecular complexity index is 503. The Hall–Kier alpha value is -1.84. The maximum Gasteiger partial charge on any atom is 0.141 e. The average Bonchev–Trinajstić information content (AvgIpc) is 2.57. The highest BCUT2D eigenvalue weighted by Crippen LogP contribution is 2.27. The lowest BCUT2D eigenvalue weighted by Gasteiger charge is -2.02. The van der Waals surface area contributed by atoms with Gasteiger partial charge in [0, 0.05) is 0 Å². The fourth-order valence-electron chi connectivity index (χ4n) is 1.76. The van der Waals surface area contributed by atoms with Gasteiger partial charge in [-0.3, -0.25) is 4.68 Å². The van der Waals surface area contributed by atoms with Gasteiger partial charge in [-0.05, 0) is 19.1 Å². The van der Waals surface area contributed by atoms with Gasteiger partial charge in [-0.2, -0.15) is 5.10 Å². The normalized spacial score (nSPS) is 10.5. The van der Waals surface area contributed by atoms with Crippen LogP contribution in [0, 0.1) is 6.92 Å². The molecule has 1 aromatic carbocycles. The standard InChI is InChI=1S/C11H12N2O2/c1-8-11-9(13(12-8)6-7-14)4-3-5-10(11)15-2/h3-5,7H,6H2,1-2H3. The zero-order valence-electron chi connectivity index (χ0n) is 8.73. The molecular weight excluding hydrogens is 192 g/mol. The molecule has 0 bridgehead atoms. The fraction of sp³-hybridized carbons (Fsp3) is 0.273. The minimum atomic E-state index is 0.275. The zero-order valence-corrected chi connectivity index (χ0v) is 8.73. The van der Waals surface area contributed by atoms with Crippen molar-refractivity contribution >= 4 is 17.2 Å². The summed E-state index contributed by atoms with van der Waals surface area (Å²) in [6, 6.07) is 5.72. The number of hydrogen-bond acceptors (Lipinski definition) is 3. The third-order valence-electron chi connectivity index (χ3n) is 2.38. The van der Waals surface area contributed by atoms with E-state index in [0.29, 0.717) is 0 Å². The van der Waals surface area contributed by atoms with E-state index in [9.17, 15) is 4.79 Å². The highest BCUT2D eigenvalue weighted by molar-refractivity contribution is 5.88. The maximum absolute atomic E-state index is 10.5. The van der Waals surface area contributed by atoms with Gasteiger partial charge in [0.1, 0.15) is 12.0 Å². The molecule has 78 valence electrons. The first-order valence-electron chi connectivity index (χ1n) is 4.71. The van der Waals surface area contributed by atoms with E-state index in [-0.39, 0.29) is 6.54 Å². The number of benzene rings is 1. The number of aldehydes is 1. The molecule has 0 saturated heterocycles. The maximum atomic E-state index is 10.5. The van der Waals surface area contributed by atoms with E-state index in [1.54, 1.807) is 11.8 Å². The molecule has 1 aromatic heterocycles. The lowest BCUT2D eigenvalue weighted by molar-refractivity contribution is -0.108. The van der Waals surface area contributed by atoms with Crippen molar-refractivity contribution in [3.63, 3.8) is 0 Å². The van der Waals surface area contributed by atoms with Gasteiger partial charge < -0.3 is 9.53 Å². The molecule has 0 saturated carbocycles. The summed E-state index contributed by atoms with van der Waals surface area (Å²) in [7, 11) is 1.63. The number of nitrogens with zero attached hydrogens (tertiary/aromatic N) is 2. The molecule has 15 heavy (non-hydrogen) atoms. The Morgan fingerprint density at radius 2 is 2.33 bits per heavy atom. The molecule has 0 spiro atoms. The summed E-state index contributed by atoms with van der Waals surface area (Å²) in [6.07, 6.45) is 0.839. The third kappa shape index (κ3) is 1.48. The molecule has 4 heteroatoms. The van der Waals surface area contributed by atoms with Crippen LogP contribution < -0.4 is 4.74 Å². The average molecular weight is 204 g/mol. The van der Waals surface area contributed by atoms with Crippen LogP contribution in [0.2, 0.25) is 0 Å². The topological polar surface area (TPSA) is 44.1 Å². The molecule has 2 aromatic rings. The van der Waals surface area contributed by atoms with Gasteiger partial charge in [0.25, 0.3) is 0 Å². The number of fused-ring (bicyclic) bond motifs is 1. The van der Waals surface area contributed by atoms with E-state index >= 15 is 0 Å². The summed E-state index contributed by atoms with van der Waals surface area (Å²) >= 11 is 0. The smallest absolute Gasteiger partial charge is 0.141 e. The predicted octanol–water partition coefficient (Wildman–Crippen LogP) is 1.55. The Labute approximate surface area is 87.5 Å². The molecule has 0 radical (unpaired) electrons. The summed E-state index contributed by atoms with van der Waals surface area (Å²) in [6.45, 7) is 2.18. The zero-order chi connectivity index (χ0) is 10.8. The third-order valence-corrected chi connectivity index (χ3v) is 2.38. The SMILES string of the molecule is COc1cccc2c1c(C)nn2CC=O. The number of aryl methyl sites for hydroxylation is 1. The van der Waals surface area contributed by atoms with Crippen molar-refractivity contribution in [2.24, 2.45) is 0 Å². The van der Waals surface area contributed by atoms with Crippen LogP contribution in [0.15, 0.2) is 18.2 Å². The number of carbonyl (C=O) groups excluding carboxylic acids is 1. The van der Waals surface area contributed by atoms with Crippen molar-refractivity contribution in [2.45, 2.75) is 13.5 Å². The van der Waals surface area contributed by atoms with Crippen LogP contribution in [0.3, 0.4) is 0 Å². The number of ether oxygens (including phenoxy) is 1. The molecule has 0 fully saturated rings. The van der Waals surface area contributed by atoms with Gasteiger partial charge in [-0.25, -0.2) is 0 Å². The molecule has 1 heterocycles. The van der Waals surface area contributed by atoms with Crippen molar-refractivity contribution in [1.82, 2.24) is 9.78 Å². The number of methoxy groups -OCH3 is 1. The van der Waals surface area contributed by atoms with E-state index in [2.05, 4.69) is 5.10 Å². The first-order chi connectivity index (χ1) is 7.27. The van der Waals surface area contributed by atoms with Crippen LogP contribution in [0.4, 0.5) is 0 Å². The van der Waals surface area contributed by atoms with Gasteiger partial charge in [0.05, 0.1) is 30.3 Å². The number of carbonyl (C=O) groups is 1. The van der Waals surface area contributed by atoms with Gasteiger partial charge in [-0.1, -0.05) is 6.07 Å². The lowest BCUT2D eigenvalue weighted by atomic mass is 10.2. The molecule has 0 aliphatic carbocycles. The Morgan fingerprint density at radius 1 is 1.53 bits per heavy atom. The minimum Gasteiger partial charge on any atom is -0.496 e. The Kier molecular flexibility index (Phi) is 2.41. The van der Waals surface area contributed by atoms with Crippen LogP contribution in [0.5, 0.6) is 5.75 Å². The van der Waals surface area contributed by atoms with E-state index in [1.165, 1.54) is 0 Å². The van der Waals surface area contributed by atoms with E-state index in [0.717, 1.165) is 28.6 Å². The Balaban J connectivity index is 2.73. The summed E-state index contributed by atoms with van der Waals surface area (Å²) in [5.41, 5.74) is 1.81. The molecule has 4 nitrogen and oxygen atoms in total. The van der Waals surface area contributed by atoms with Crippen molar-refractivity contribution in [2.75, 3.05) is 7.11 Å². The summed E-state index contributed by atoms with van der Waals surface area (Å²) in [5.74, 6) is 0.794. The van der Waals surface area contributed by atoms with Gasteiger partial charge in [-0.15, -0.1) is 0 Å². The highest BCUT2D eigenvalue weighted by atomic mass is 16.5. The van der Waals surface area contributed by atoms with Crippen molar-refractivity contribution < 1.29 is 9.53 Å². The molecule has 0 amide bonds. The second-order valence-corrected chi connectivity index (χ2v) is 3.29. The number of rotatable bonds is 3. The monoisotopic (exact) mass is 204 g/mol. The van der Waals surface area contributed by atoms with Crippen LogP contribution in [-0.2, 0) is 11.3 Å². The number of aromatic nitrogens is 2. The quantitative estimate of drug-likeness (QED) is 0.712. The molecule has 2 rings (SSSR count). The molecular formula is C11H12N2O2. The van der Waals surface area contributed by atoms with E-state index in [1.807, 2.05) is 25.1 Å². The number of hydrogen-bond donors (Lipinski definition) is 0. The lowest BCUT2D eigenvalue weighted by Crippen LogP contribution is -2.00. The van der Waals surface area contributed by atoms with Crippen LogP contribution >= 0.6 is 0 Å². The molecule has 0 N–H and O–H groups in total. The van der Waals surface area contributed by atoms with E-state index in [4.69, 9.17) is 4.74 Å². The summed E-state index contributed by atoms with van der Waals surface area (Å²) in [5, 5.41) is 5.27. The van der Waals surface area contributed by atoms with Gasteiger partial charge in [0.15, 0.2) is 0 Å². The fourth-order valence-corrected chi connectivity index (χ4v) is 1.76. The van der Waals surface area contributed by atoms with Crippen molar-refractivity contribution in [3.8, 4) is 5.75 Å². The van der Waals surface area contributed by atoms with Crippen molar-refractivity contribution in [3.05, 3.63) is 23.9 Å². The predicted molar refractivity (Wildman–Crippen MR) is 57.1 cm³/mol. The molecule has 0 aliphatic rings. The van der Waals surface area contributed by atoms with Crippen LogP contribution in [-0.4, -0.2) is 23.2 Å². The van der Waals surface area contributed by atoms with E-state index < -0.39 is 0 Å². The molecule has 0 aliphatic heterocycles. The minimum absolute atomic E-state index is 0.275. The first-order valence-corrected chi connectivity index (χ1v) is 4.71. The highest BCUT2D eigenvalue weighted by Gasteiger charge is 2.10. The van der Waals surface area contributed by atoms with Crippen LogP contribution in [0.1, 0.15) is 5.69 Å². The van der Waals surface area contributed by atoms with Crippen LogP contribution in [0.25, 0.3) is 10.9 Å². The molecule has 0 atom stereocenters. The van der Waals surface area contributed by atoms with Crippen molar-refractivity contribution in [1.29, 1.82) is 0 Å². The van der Waals surface area contributed by atoms with Gasteiger partial charge >= 0.3 is 0 Å². The Morgan fingerprint density at radius 3 is 3.00 bits per heavy atom.